The monoisotopic (exact) mass is 1030 g/mol. The number of hydrogen-bond donors (Lipinski definition) is 6. The van der Waals surface area contributed by atoms with Crippen LogP contribution in [0.4, 0.5) is 27.6 Å². The Hall–Kier alpha value is -4.77. The number of rotatable bonds is 28. The summed E-state index contributed by atoms with van der Waals surface area (Å²) in [6, 6.07) is 6.08. The Labute approximate surface area is 397 Å². The number of anilines is 1. The van der Waals surface area contributed by atoms with Gasteiger partial charge in [0.2, 0.25) is 52.9 Å². The molecule has 2 aliphatic heterocycles. The highest BCUT2D eigenvalue weighted by molar-refractivity contribution is 7.51. The molecule has 22 nitrogen and oxygen atoms in total. The van der Waals surface area contributed by atoms with Crippen molar-refractivity contribution in [3.8, 4) is 11.5 Å². The summed E-state index contributed by atoms with van der Waals surface area (Å²) in [7, 11) is -4.40. The van der Waals surface area contributed by atoms with Gasteiger partial charge in [-0.1, -0.05) is 5.21 Å². The van der Waals surface area contributed by atoms with Crippen LogP contribution in [0.25, 0.3) is 0 Å². The van der Waals surface area contributed by atoms with Gasteiger partial charge in [-0.3, -0.25) is 23.8 Å². The number of benzene rings is 2. The molecule has 1 aromatic heterocycles. The number of aliphatic hydroxyl groups is 3. The Morgan fingerprint density at radius 1 is 0.757 bits per heavy atom. The lowest BCUT2D eigenvalue weighted by Crippen LogP contribution is -2.59. The molecule has 70 heavy (non-hydrogen) atoms. The van der Waals surface area contributed by atoms with E-state index in [1.165, 1.54) is 12.1 Å². The van der Waals surface area contributed by atoms with Crippen LogP contribution in [0.5, 0.6) is 11.5 Å². The summed E-state index contributed by atoms with van der Waals surface area (Å²) in [6.45, 7) is 3.84. The second-order valence-corrected chi connectivity index (χ2v) is 17.7. The van der Waals surface area contributed by atoms with E-state index in [9.17, 15) is 56.2 Å². The first-order chi connectivity index (χ1) is 33.4. The van der Waals surface area contributed by atoms with Crippen LogP contribution in [-0.2, 0) is 55.6 Å². The molecule has 2 saturated heterocycles. The fourth-order valence-corrected chi connectivity index (χ4v) is 7.50. The fourth-order valence-electron chi connectivity index (χ4n) is 6.91. The molecule has 2 aromatic carbocycles. The van der Waals surface area contributed by atoms with E-state index in [-0.39, 0.29) is 63.6 Å². The van der Waals surface area contributed by atoms with Gasteiger partial charge in [-0.05, 0) is 43.5 Å². The van der Waals surface area contributed by atoms with Crippen molar-refractivity contribution < 1.29 is 99.2 Å². The van der Waals surface area contributed by atoms with Crippen molar-refractivity contribution in [3.63, 3.8) is 0 Å². The molecule has 5 rings (SSSR count). The molecular weight excluding hydrogens is 970 g/mol. The molecule has 0 unspecified atom stereocenters. The van der Waals surface area contributed by atoms with E-state index in [1.54, 1.807) is 27.9 Å². The quantitative estimate of drug-likeness (QED) is 0.0112. The Bertz CT molecular complexity index is 2180. The smallest absolute Gasteiger partial charge is 0.325 e. The first-order valence-electron chi connectivity index (χ1n) is 22.1. The van der Waals surface area contributed by atoms with Gasteiger partial charge in [0.05, 0.1) is 90.3 Å². The number of halogens is 5. The summed E-state index contributed by atoms with van der Waals surface area (Å²) in [4.78, 5) is 59.5. The van der Waals surface area contributed by atoms with E-state index in [2.05, 4.69) is 20.4 Å². The van der Waals surface area contributed by atoms with Crippen molar-refractivity contribution in [1.29, 1.82) is 0 Å². The van der Waals surface area contributed by atoms with Crippen LogP contribution in [0, 0.1) is 29.1 Å². The van der Waals surface area contributed by atoms with E-state index >= 15 is 0 Å². The van der Waals surface area contributed by atoms with Gasteiger partial charge in [0.15, 0.2) is 0 Å². The van der Waals surface area contributed by atoms with Crippen molar-refractivity contribution in [2.45, 2.75) is 69.4 Å². The molecule has 390 valence electrons. The molecule has 0 saturated carbocycles. The molecule has 3 aromatic rings. The molecule has 2 amide bonds. The van der Waals surface area contributed by atoms with Crippen molar-refractivity contribution >= 4 is 31.1 Å². The van der Waals surface area contributed by atoms with Crippen LogP contribution in [-0.4, -0.2) is 190 Å². The van der Waals surface area contributed by atoms with Gasteiger partial charge in [-0.25, -0.2) is 17.9 Å². The standard InChI is InChI=1S/C42H56F5N6O16P/c43-33-34(44)36(46)41(37(47)35(33)45)69-32(56)8-15-63-17-19-65-21-22-66-20-18-64-16-14-53-24-27(49-50-53)2-1-3-31(55)52-12-10-51(11-13-52)25-30(54)48-26-4-6-28(7-5-26)67-42-40(59)39(58)38(57)29(68-42)9-23-70(60,61)62/h4-7,24,29,38-40,42,57-59H,1-3,8-23,25H2,(H,48,54)(H2,60,61,62)/t29-,38-,39+,40+,42+/m1/s1. The van der Waals surface area contributed by atoms with Gasteiger partial charge in [0.1, 0.15) is 24.1 Å². The topological polar surface area (TPSA) is 283 Å². The molecular formula is C42H56F5N6O16P. The number of carbonyl (C=O) groups is 3. The molecule has 2 aliphatic rings. The molecule has 0 spiro atoms. The number of carbonyl (C=O) groups excluding carboxylic acids is 3. The number of aliphatic hydroxyl groups excluding tert-OH is 3. The maximum Gasteiger partial charge on any atom is 0.325 e. The molecule has 6 N–H and O–H groups in total. The molecule has 28 heteroatoms. The first kappa shape index (κ1) is 56.1. The SMILES string of the molecule is O=C(CN1CCN(C(=O)CCCc2cn(CCOCCOCCOCCOCCC(=O)Oc3c(F)c(F)c(F)c(F)c3F)nn2)CC1)Nc1ccc(O[C@H]2O[C@H](CCP(=O)(O)O)[C@@H](O)[C@H](O)[C@@H]2O)cc1. The van der Waals surface area contributed by atoms with Crippen molar-refractivity contribution in [2.24, 2.45) is 0 Å². The lowest BCUT2D eigenvalue weighted by atomic mass is 9.97. The van der Waals surface area contributed by atoms with Crippen LogP contribution in [0.1, 0.15) is 31.4 Å². The predicted molar refractivity (Wildman–Crippen MR) is 230 cm³/mol. The molecule has 3 heterocycles. The molecule has 2 fully saturated rings. The number of ether oxygens (including phenoxy) is 7. The lowest BCUT2D eigenvalue weighted by Gasteiger charge is -2.40. The van der Waals surface area contributed by atoms with Crippen molar-refractivity contribution in [2.75, 3.05) is 97.1 Å². The zero-order valence-electron chi connectivity index (χ0n) is 37.7. The van der Waals surface area contributed by atoms with Gasteiger partial charge in [-0.2, -0.15) is 8.78 Å². The maximum atomic E-state index is 13.6. The molecule has 0 radical (unpaired) electrons. The Balaban J connectivity index is 0.837. The van der Waals surface area contributed by atoms with Gasteiger partial charge in [0.25, 0.3) is 0 Å². The number of nitrogens with one attached hydrogen (secondary N) is 1. The number of hydrogen-bond acceptors (Lipinski definition) is 17. The minimum atomic E-state index is -4.40. The minimum absolute atomic E-state index is 0.00357. The second-order valence-electron chi connectivity index (χ2n) is 15.9. The molecule has 0 bridgehead atoms. The average Bonchev–Trinajstić information content (AvgIpc) is 3.79. The highest BCUT2D eigenvalue weighted by Crippen LogP contribution is 2.37. The Morgan fingerprint density at radius 3 is 1.96 bits per heavy atom. The normalized spacial score (nSPS) is 19.9. The Kier molecular flexibility index (Phi) is 22.2. The predicted octanol–water partition coefficient (Wildman–Crippen LogP) is 0.896. The zero-order chi connectivity index (χ0) is 50.8. The van der Waals surface area contributed by atoms with Crippen molar-refractivity contribution in [3.05, 3.63) is 65.2 Å². The van der Waals surface area contributed by atoms with Crippen LogP contribution in [0.3, 0.4) is 0 Å². The van der Waals surface area contributed by atoms with Crippen LogP contribution in [0.2, 0.25) is 0 Å². The molecule has 5 atom stereocenters. The van der Waals surface area contributed by atoms with Gasteiger partial charge < -0.3 is 68.5 Å². The summed E-state index contributed by atoms with van der Waals surface area (Å²) in [5, 5.41) is 41.8. The number of aryl methyl sites for hydroxylation is 1. The summed E-state index contributed by atoms with van der Waals surface area (Å²) >= 11 is 0. The van der Waals surface area contributed by atoms with E-state index in [0.29, 0.717) is 77.5 Å². The third kappa shape index (κ3) is 17.8. The highest BCUT2D eigenvalue weighted by Gasteiger charge is 2.45. The maximum absolute atomic E-state index is 13.6. The largest absolute Gasteiger partial charge is 0.462 e. The van der Waals surface area contributed by atoms with Crippen LogP contribution >= 0.6 is 7.60 Å². The number of piperazine rings is 1. The van der Waals surface area contributed by atoms with E-state index < -0.39 is 91.7 Å². The summed E-state index contributed by atoms with van der Waals surface area (Å²) < 4.78 is 117. The molecule has 0 aliphatic carbocycles. The van der Waals surface area contributed by atoms with Gasteiger partial charge in [0, 0.05) is 44.5 Å². The minimum Gasteiger partial charge on any atom is -0.462 e. The third-order valence-corrected chi connectivity index (χ3v) is 11.5. The summed E-state index contributed by atoms with van der Waals surface area (Å²) in [5.74, 6) is -14.4. The number of esters is 1. The average molecular weight is 1030 g/mol. The first-order valence-corrected chi connectivity index (χ1v) is 23.9. The lowest BCUT2D eigenvalue weighted by molar-refractivity contribution is -0.272. The summed E-state index contributed by atoms with van der Waals surface area (Å²) in [6.07, 6.45) is -5.72. The van der Waals surface area contributed by atoms with Crippen LogP contribution < -0.4 is 14.8 Å². The number of nitrogens with zero attached hydrogens (tertiary/aromatic N) is 5. The van der Waals surface area contributed by atoms with E-state index in [0.717, 1.165) is 5.69 Å². The van der Waals surface area contributed by atoms with Gasteiger partial charge >= 0.3 is 13.6 Å². The fraction of sp³-hybridized carbons (Fsp3) is 0.595. The Morgan fingerprint density at radius 2 is 1.34 bits per heavy atom. The van der Waals surface area contributed by atoms with Crippen molar-refractivity contribution in [1.82, 2.24) is 24.8 Å². The number of aromatic nitrogens is 3. The zero-order valence-corrected chi connectivity index (χ0v) is 38.6. The van der Waals surface area contributed by atoms with Gasteiger partial charge in [-0.15, -0.1) is 5.10 Å². The number of amides is 2. The second kappa shape index (κ2) is 27.7. The third-order valence-electron chi connectivity index (χ3n) is 10.7. The van der Waals surface area contributed by atoms with E-state index in [1.807, 2.05) is 4.90 Å². The highest BCUT2D eigenvalue weighted by atomic mass is 31.2. The van der Waals surface area contributed by atoms with Crippen LogP contribution in [0.15, 0.2) is 30.5 Å². The van der Waals surface area contributed by atoms with E-state index in [4.69, 9.17) is 38.2 Å². The summed E-state index contributed by atoms with van der Waals surface area (Å²) in [5.41, 5.74) is 1.18.